The van der Waals surface area contributed by atoms with Gasteiger partial charge in [-0.15, -0.1) is 0 Å². The van der Waals surface area contributed by atoms with Crippen molar-refractivity contribution in [2.45, 2.75) is 58.4 Å². The monoisotopic (exact) mass is 371 g/mol. The molecule has 2 aromatic rings. The number of hydrogen-bond acceptors (Lipinski definition) is 4. The van der Waals surface area contributed by atoms with Crippen LogP contribution in [0.4, 0.5) is 0 Å². The lowest BCUT2D eigenvalue weighted by molar-refractivity contribution is 0.266. The molecule has 0 fully saturated rings. The SMILES string of the molecule is CC(C)(C)[Si](C)(C)OCCCc1ccc(C#Cc2cc(CO)no2)cc1. The van der Waals surface area contributed by atoms with Gasteiger partial charge in [-0.05, 0) is 54.6 Å². The Morgan fingerprint density at radius 2 is 1.85 bits per heavy atom. The van der Waals surface area contributed by atoms with Crippen molar-refractivity contribution in [3.63, 3.8) is 0 Å². The van der Waals surface area contributed by atoms with Crippen LogP contribution in [0.3, 0.4) is 0 Å². The number of aryl methyl sites for hydroxylation is 1. The van der Waals surface area contributed by atoms with E-state index >= 15 is 0 Å². The Labute approximate surface area is 157 Å². The van der Waals surface area contributed by atoms with Crippen molar-refractivity contribution in [1.29, 1.82) is 0 Å². The zero-order valence-corrected chi connectivity index (χ0v) is 17.4. The number of benzene rings is 1. The molecule has 2 rings (SSSR count). The second-order valence-corrected chi connectivity index (χ2v) is 12.8. The van der Waals surface area contributed by atoms with Gasteiger partial charge in [0, 0.05) is 18.2 Å². The van der Waals surface area contributed by atoms with E-state index in [9.17, 15) is 0 Å². The van der Waals surface area contributed by atoms with Crippen molar-refractivity contribution in [1.82, 2.24) is 5.16 Å². The second kappa shape index (κ2) is 8.68. The number of nitrogens with zero attached hydrogens (tertiary/aromatic N) is 1. The molecule has 4 nitrogen and oxygen atoms in total. The summed E-state index contributed by atoms with van der Waals surface area (Å²) in [6.07, 6.45) is 2.03. The van der Waals surface area contributed by atoms with Gasteiger partial charge in [-0.3, -0.25) is 0 Å². The first-order valence-corrected chi connectivity index (χ1v) is 11.9. The van der Waals surface area contributed by atoms with Crippen LogP contribution in [-0.2, 0) is 17.5 Å². The first-order chi connectivity index (χ1) is 12.2. The third-order valence-corrected chi connectivity index (χ3v) is 9.42. The fourth-order valence-corrected chi connectivity index (χ4v) is 3.24. The Bertz CT molecular complexity index is 761. The average Bonchev–Trinajstić information content (AvgIpc) is 3.05. The van der Waals surface area contributed by atoms with Crippen molar-refractivity contribution < 1.29 is 14.1 Å². The van der Waals surface area contributed by atoms with Crippen LogP contribution < -0.4 is 0 Å². The van der Waals surface area contributed by atoms with Crippen LogP contribution in [0.5, 0.6) is 0 Å². The lowest BCUT2D eigenvalue weighted by Crippen LogP contribution is -2.41. The molecule has 0 aliphatic rings. The van der Waals surface area contributed by atoms with E-state index in [1.54, 1.807) is 6.07 Å². The minimum absolute atomic E-state index is 0.140. The molecular formula is C21H29NO3Si. The number of hydrogen-bond donors (Lipinski definition) is 1. The van der Waals surface area contributed by atoms with Crippen LogP contribution in [0, 0.1) is 11.8 Å². The molecule has 0 saturated carbocycles. The highest BCUT2D eigenvalue weighted by atomic mass is 28.4. The standard InChI is InChI=1S/C21H29NO3Si/c1-21(2,3)26(4,5)24-14-6-7-17-8-10-18(11-9-17)12-13-20-15-19(16-23)22-25-20/h8-11,15,23H,6-7,14,16H2,1-5H3. The van der Waals surface area contributed by atoms with Crippen LogP contribution in [0.1, 0.15) is 49.8 Å². The summed E-state index contributed by atoms with van der Waals surface area (Å²) < 4.78 is 11.2. The molecule has 0 bridgehead atoms. The summed E-state index contributed by atoms with van der Waals surface area (Å²) in [5.41, 5.74) is 2.70. The number of aliphatic hydroxyl groups is 1. The number of aromatic nitrogens is 1. The second-order valence-electron chi connectivity index (χ2n) is 8.00. The Hall–Kier alpha value is -1.87. The molecule has 0 unspecified atom stereocenters. The molecule has 5 heteroatoms. The third-order valence-electron chi connectivity index (χ3n) is 4.88. The van der Waals surface area contributed by atoms with E-state index in [1.807, 2.05) is 12.1 Å². The van der Waals surface area contributed by atoms with Crippen molar-refractivity contribution >= 4 is 8.32 Å². The van der Waals surface area contributed by atoms with E-state index < -0.39 is 8.32 Å². The molecule has 1 N–H and O–H groups in total. The fraction of sp³-hybridized carbons (Fsp3) is 0.476. The maximum atomic E-state index is 8.96. The van der Waals surface area contributed by atoms with Gasteiger partial charge in [-0.25, -0.2) is 0 Å². The summed E-state index contributed by atoms with van der Waals surface area (Å²) >= 11 is 0. The molecule has 0 saturated heterocycles. The largest absolute Gasteiger partial charge is 0.417 e. The third kappa shape index (κ3) is 5.84. The highest BCUT2D eigenvalue weighted by Crippen LogP contribution is 2.36. The zero-order chi connectivity index (χ0) is 19.2. The predicted molar refractivity (Wildman–Crippen MR) is 106 cm³/mol. The summed E-state index contributed by atoms with van der Waals surface area (Å²) in [5, 5.41) is 12.9. The Morgan fingerprint density at radius 3 is 2.42 bits per heavy atom. The van der Waals surface area contributed by atoms with Crippen molar-refractivity contribution in [2.24, 2.45) is 0 Å². The van der Waals surface area contributed by atoms with Crippen molar-refractivity contribution in [3.05, 3.63) is 52.9 Å². The van der Waals surface area contributed by atoms with Crippen LogP contribution >= 0.6 is 0 Å². The Balaban J connectivity index is 1.83. The lowest BCUT2D eigenvalue weighted by atomic mass is 10.1. The lowest BCUT2D eigenvalue weighted by Gasteiger charge is -2.36. The highest BCUT2D eigenvalue weighted by molar-refractivity contribution is 6.74. The molecule has 0 spiro atoms. The van der Waals surface area contributed by atoms with E-state index in [4.69, 9.17) is 14.1 Å². The number of rotatable bonds is 6. The molecule has 26 heavy (non-hydrogen) atoms. The zero-order valence-electron chi connectivity index (χ0n) is 16.4. The first-order valence-electron chi connectivity index (χ1n) is 9.03. The van der Waals surface area contributed by atoms with E-state index in [0.29, 0.717) is 11.5 Å². The van der Waals surface area contributed by atoms with Gasteiger partial charge in [0.1, 0.15) is 5.69 Å². The summed E-state index contributed by atoms with van der Waals surface area (Å²) in [4.78, 5) is 0. The van der Waals surface area contributed by atoms with Crippen molar-refractivity contribution in [2.75, 3.05) is 6.61 Å². The summed E-state index contributed by atoms with van der Waals surface area (Å²) in [5.74, 6) is 6.42. The van der Waals surface area contributed by atoms with Gasteiger partial charge < -0.3 is 14.1 Å². The number of aliphatic hydroxyl groups excluding tert-OH is 1. The van der Waals surface area contributed by atoms with Gasteiger partial charge in [0.25, 0.3) is 0 Å². The van der Waals surface area contributed by atoms with Gasteiger partial charge in [0.2, 0.25) is 5.76 Å². The van der Waals surface area contributed by atoms with Gasteiger partial charge in [0.05, 0.1) is 6.61 Å². The van der Waals surface area contributed by atoms with Gasteiger partial charge >= 0.3 is 0 Å². The minimum Gasteiger partial charge on any atom is -0.417 e. The molecular weight excluding hydrogens is 342 g/mol. The molecule has 140 valence electrons. The molecule has 0 amide bonds. The smallest absolute Gasteiger partial charge is 0.210 e. The predicted octanol–water partition coefficient (Wildman–Crippen LogP) is 4.52. The summed E-state index contributed by atoms with van der Waals surface area (Å²) in [7, 11) is -1.64. The fourth-order valence-electron chi connectivity index (χ4n) is 2.15. The average molecular weight is 372 g/mol. The van der Waals surface area contributed by atoms with Gasteiger partial charge in [-0.2, -0.15) is 0 Å². The maximum Gasteiger partial charge on any atom is 0.210 e. The normalized spacial score (nSPS) is 11.9. The summed E-state index contributed by atoms with van der Waals surface area (Å²) in [6, 6.07) is 9.89. The topological polar surface area (TPSA) is 55.5 Å². The maximum absolute atomic E-state index is 8.96. The molecule has 1 aromatic carbocycles. The van der Waals surface area contributed by atoms with Crippen LogP contribution in [-0.4, -0.2) is 25.2 Å². The van der Waals surface area contributed by atoms with Crippen LogP contribution in [0.2, 0.25) is 18.1 Å². The summed E-state index contributed by atoms with van der Waals surface area (Å²) in [6.45, 7) is 12.1. The molecule has 1 heterocycles. The minimum atomic E-state index is -1.64. The Morgan fingerprint density at radius 1 is 1.15 bits per heavy atom. The van der Waals surface area contributed by atoms with Crippen LogP contribution in [0.25, 0.3) is 0 Å². The molecule has 1 aromatic heterocycles. The molecule has 0 radical (unpaired) electrons. The highest BCUT2D eigenvalue weighted by Gasteiger charge is 2.36. The van der Waals surface area contributed by atoms with E-state index in [2.05, 4.69) is 63.0 Å². The van der Waals surface area contributed by atoms with Gasteiger partial charge in [0.15, 0.2) is 8.32 Å². The van der Waals surface area contributed by atoms with Gasteiger partial charge in [-0.1, -0.05) is 44.0 Å². The van der Waals surface area contributed by atoms with E-state index in [-0.39, 0.29) is 11.6 Å². The van der Waals surface area contributed by atoms with E-state index in [0.717, 1.165) is 25.0 Å². The first kappa shape index (κ1) is 20.4. The Kier molecular flexibility index (Phi) is 6.82. The molecule has 0 atom stereocenters. The quantitative estimate of drug-likeness (QED) is 0.461. The van der Waals surface area contributed by atoms with Crippen LogP contribution in [0.15, 0.2) is 34.9 Å². The van der Waals surface area contributed by atoms with E-state index in [1.165, 1.54) is 5.56 Å². The molecule has 0 aliphatic heterocycles. The van der Waals surface area contributed by atoms with Crippen molar-refractivity contribution in [3.8, 4) is 11.8 Å². The molecule has 0 aliphatic carbocycles.